The zero-order valence-electron chi connectivity index (χ0n) is 13.5. The van der Waals surface area contributed by atoms with Crippen molar-refractivity contribution in [1.29, 1.82) is 0 Å². The van der Waals surface area contributed by atoms with Gasteiger partial charge in [0.25, 0.3) is 0 Å². The van der Waals surface area contributed by atoms with Gasteiger partial charge in [-0.2, -0.15) is 0 Å². The Kier molecular flexibility index (Phi) is 4.33. The number of aromatic amines is 1. The van der Waals surface area contributed by atoms with Crippen LogP contribution in [0.3, 0.4) is 0 Å². The van der Waals surface area contributed by atoms with Gasteiger partial charge in [-0.1, -0.05) is 12.1 Å². The Balaban J connectivity index is 1.96. The molecule has 122 valence electrons. The summed E-state index contributed by atoms with van der Waals surface area (Å²) in [4.78, 5) is 18.8. The van der Waals surface area contributed by atoms with E-state index in [1.54, 1.807) is 30.5 Å². The van der Waals surface area contributed by atoms with Crippen LogP contribution in [0.15, 0.2) is 52.3 Å². The fourth-order valence-corrected chi connectivity index (χ4v) is 2.56. The lowest BCUT2D eigenvalue weighted by atomic mass is 10.1. The van der Waals surface area contributed by atoms with Crippen LogP contribution in [0.25, 0.3) is 10.9 Å². The zero-order valence-corrected chi connectivity index (χ0v) is 13.5. The molecular formula is C19H18N2O3. The lowest BCUT2D eigenvalue weighted by molar-refractivity contribution is 0.318. The molecule has 0 unspecified atom stereocenters. The minimum absolute atomic E-state index is 0.0631. The van der Waals surface area contributed by atoms with Gasteiger partial charge in [0.1, 0.15) is 0 Å². The molecule has 3 rings (SSSR count). The molecule has 2 aromatic carbocycles. The Morgan fingerprint density at radius 3 is 2.88 bits per heavy atom. The topological polar surface area (TPSA) is 74.7 Å². The van der Waals surface area contributed by atoms with Crippen LogP contribution in [0.5, 0.6) is 11.5 Å². The standard InChI is InChI=1S/C19H18N2O3/c1-3-24-17-6-4-5-13(19(17)23)11-20-14-7-8-15-12(2)9-18(22)21-16(15)10-14/h4-11,23H,3H2,1-2H3,(H,21,22). The molecule has 0 aliphatic carbocycles. The van der Waals surface area contributed by atoms with Crippen molar-refractivity contribution in [2.75, 3.05) is 6.61 Å². The smallest absolute Gasteiger partial charge is 0.248 e. The van der Waals surface area contributed by atoms with Gasteiger partial charge in [-0.05, 0) is 43.7 Å². The highest BCUT2D eigenvalue weighted by molar-refractivity contribution is 5.89. The summed E-state index contributed by atoms with van der Waals surface area (Å²) in [6.45, 7) is 4.24. The van der Waals surface area contributed by atoms with Crippen LogP contribution < -0.4 is 10.3 Å². The second kappa shape index (κ2) is 6.58. The van der Waals surface area contributed by atoms with Gasteiger partial charge in [0.15, 0.2) is 11.5 Å². The summed E-state index contributed by atoms with van der Waals surface area (Å²) in [5.41, 5.74) is 2.78. The van der Waals surface area contributed by atoms with Crippen molar-refractivity contribution in [1.82, 2.24) is 4.98 Å². The molecule has 3 aromatic rings. The van der Waals surface area contributed by atoms with Crippen LogP contribution >= 0.6 is 0 Å². The average Bonchev–Trinajstić information content (AvgIpc) is 2.55. The molecular weight excluding hydrogens is 304 g/mol. The number of para-hydroxylation sites is 1. The number of ether oxygens (including phenoxy) is 1. The van der Waals surface area contributed by atoms with Crippen LogP contribution in [0.1, 0.15) is 18.1 Å². The number of hydrogen-bond acceptors (Lipinski definition) is 4. The number of benzene rings is 2. The highest BCUT2D eigenvalue weighted by Crippen LogP contribution is 2.29. The first-order chi connectivity index (χ1) is 11.6. The van der Waals surface area contributed by atoms with Gasteiger partial charge in [-0.25, -0.2) is 0 Å². The van der Waals surface area contributed by atoms with Gasteiger partial charge in [0.05, 0.1) is 17.8 Å². The van der Waals surface area contributed by atoms with Crippen molar-refractivity contribution in [2.24, 2.45) is 4.99 Å². The number of phenolic OH excluding ortho intramolecular Hbond substituents is 1. The summed E-state index contributed by atoms with van der Waals surface area (Å²) < 4.78 is 5.36. The van der Waals surface area contributed by atoms with Gasteiger partial charge in [-0.15, -0.1) is 0 Å². The molecule has 0 amide bonds. The molecule has 0 saturated heterocycles. The first-order valence-corrected chi connectivity index (χ1v) is 7.71. The van der Waals surface area contributed by atoms with Crippen LogP contribution in [-0.2, 0) is 0 Å². The van der Waals surface area contributed by atoms with Crippen molar-refractivity contribution in [2.45, 2.75) is 13.8 Å². The molecule has 0 saturated carbocycles. The van der Waals surface area contributed by atoms with E-state index < -0.39 is 0 Å². The summed E-state index contributed by atoms with van der Waals surface area (Å²) in [7, 11) is 0. The number of rotatable bonds is 4. The van der Waals surface area contributed by atoms with Crippen LogP contribution in [0, 0.1) is 6.92 Å². The Morgan fingerprint density at radius 2 is 2.08 bits per heavy atom. The maximum atomic E-state index is 11.6. The molecule has 0 fully saturated rings. The second-order valence-corrected chi connectivity index (χ2v) is 5.43. The van der Waals surface area contributed by atoms with Crippen LogP contribution in [-0.4, -0.2) is 22.9 Å². The lowest BCUT2D eigenvalue weighted by Crippen LogP contribution is -2.04. The molecule has 0 atom stereocenters. The van der Waals surface area contributed by atoms with Gasteiger partial charge in [-0.3, -0.25) is 9.79 Å². The van der Waals surface area contributed by atoms with E-state index in [9.17, 15) is 9.90 Å². The third-order valence-corrected chi connectivity index (χ3v) is 3.72. The van der Waals surface area contributed by atoms with Crippen molar-refractivity contribution < 1.29 is 9.84 Å². The first-order valence-electron chi connectivity index (χ1n) is 7.71. The van der Waals surface area contributed by atoms with E-state index in [1.165, 1.54) is 0 Å². The zero-order chi connectivity index (χ0) is 17.1. The van der Waals surface area contributed by atoms with Crippen molar-refractivity contribution in [3.05, 3.63) is 63.9 Å². The maximum Gasteiger partial charge on any atom is 0.248 e. The van der Waals surface area contributed by atoms with Crippen LogP contribution in [0.4, 0.5) is 5.69 Å². The van der Waals surface area contributed by atoms with Gasteiger partial charge in [0, 0.05) is 23.2 Å². The Morgan fingerprint density at radius 1 is 1.25 bits per heavy atom. The van der Waals surface area contributed by atoms with Gasteiger partial charge < -0.3 is 14.8 Å². The average molecular weight is 322 g/mol. The maximum absolute atomic E-state index is 11.6. The molecule has 0 aliphatic heterocycles. The van der Waals surface area contributed by atoms with Crippen molar-refractivity contribution in [3.63, 3.8) is 0 Å². The van der Waals surface area contributed by atoms with Crippen molar-refractivity contribution >= 4 is 22.8 Å². The minimum atomic E-state index is -0.136. The number of pyridine rings is 1. The minimum Gasteiger partial charge on any atom is -0.504 e. The monoisotopic (exact) mass is 322 g/mol. The summed E-state index contributed by atoms with van der Waals surface area (Å²) in [5.74, 6) is 0.494. The summed E-state index contributed by atoms with van der Waals surface area (Å²) in [6, 6.07) is 12.4. The summed E-state index contributed by atoms with van der Waals surface area (Å²) in [5, 5.41) is 11.2. The number of aryl methyl sites for hydroxylation is 1. The molecule has 0 bridgehead atoms. The quantitative estimate of drug-likeness (QED) is 0.719. The number of H-pyrrole nitrogens is 1. The van der Waals surface area contributed by atoms with E-state index in [1.807, 2.05) is 32.0 Å². The molecule has 0 spiro atoms. The Labute approximate surface area is 139 Å². The Bertz CT molecular complexity index is 974. The normalized spacial score (nSPS) is 11.2. The number of phenols is 1. The third-order valence-electron chi connectivity index (χ3n) is 3.72. The number of aromatic nitrogens is 1. The molecule has 24 heavy (non-hydrogen) atoms. The molecule has 1 aromatic heterocycles. The van der Waals surface area contributed by atoms with Crippen LogP contribution in [0.2, 0.25) is 0 Å². The SMILES string of the molecule is CCOc1cccc(C=Nc2ccc3c(C)cc(=O)[nH]c3c2)c1O. The van der Waals surface area contributed by atoms with E-state index in [2.05, 4.69) is 9.98 Å². The second-order valence-electron chi connectivity index (χ2n) is 5.43. The molecule has 0 aliphatic rings. The molecule has 1 heterocycles. The number of aromatic hydroxyl groups is 1. The highest BCUT2D eigenvalue weighted by atomic mass is 16.5. The molecule has 5 nitrogen and oxygen atoms in total. The fraction of sp³-hybridized carbons (Fsp3) is 0.158. The Hall–Kier alpha value is -3.08. The number of aliphatic imine (C=N–C) groups is 1. The number of hydrogen-bond donors (Lipinski definition) is 2. The van der Waals surface area contributed by atoms with E-state index in [4.69, 9.17) is 4.74 Å². The number of nitrogens with one attached hydrogen (secondary N) is 1. The fourth-order valence-electron chi connectivity index (χ4n) is 2.56. The number of nitrogens with zero attached hydrogens (tertiary/aromatic N) is 1. The van der Waals surface area contributed by atoms with E-state index >= 15 is 0 Å². The van der Waals surface area contributed by atoms with Crippen molar-refractivity contribution in [3.8, 4) is 11.5 Å². The molecule has 2 N–H and O–H groups in total. The van der Waals surface area contributed by atoms with E-state index in [0.717, 1.165) is 16.5 Å². The third kappa shape index (κ3) is 3.15. The molecule has 5 heteroatoms. The lowest BCUT2D eigenvalue weighted by Gasteiger charge is -2.07. The highest BCUT2D eigenvalue weighted by Gasteiger charge is 2.06. The van der Waals surface area contributed by atoms with Gasteiger partial charge in [0.2, 0.25) is 5.56 Å². The largest absolute Gasteiger partial charge is 0.504 e. The number of fused-ring (bicyclic) bond motifs is 1. The van der Waals surface area contributed by atoms with E-state index in [0.29, 0.717) is 23.6 Å². The molecule has 0 radical (unpaired) electrons. The summed E-state index contributed by atoms with van der Waals surface area (Å²) >= 11 is 0. The first kappa shape index (κ1) is 15.8. The predicted octanol–water partition coefficient (Wildman–Crippen LogP) is 3.69. The van der Waals surface area contributed by atoms with Gasteiger partial charge >= 0.3 is 0 Å². The van der Waals surface area contributed by atoms with E-state index in [-0.39, 0.29) is 11.3 Å². The predicted molar refractivity (Wildman–Crippen MR) is 95.8 cm³/mol. The summed E-state index contributed by atoms with van der Waals surface area (Å²) in [6.07, 6.45) is 1.58.